The molecular weight excluding hydrogens is 250 g/mol. The van der Waals surface area contributed by atoms with E-state index in [2.05, 4.69) is 19.2 Å². The van der Waals surface area contributed by atoms with Crippen LogP contribution < -0.4 is 5.32 Å². The Balaban J connectivity index is 1.85. The van der Waals surface area contributed by atoms with Crippen molar-refractivity contribution in [3.05, 3.63) is 0 Å². The van der Waals surface area contributed by atoms with Gasteiger partial charge in [-0.15, -0.1) is 0 Å². The molecule has 20 heavy (non-hydrogen) atoms. The summed E-state index contributed by atoms with van der Waals surface area (Å²) in [6.07, 6.45) is 9.42. The monoisotopic (exact) mass is 281 g/mol. The number of rotatable bonds is 5. The zero-order chi connectivity index (χ0) is 14.6. The molecule has 0 aromatic carbocycles. The third kappa shape index (κ3) is 3.97. The normalized spacial score (nSPS) is 29.6. The molecule has 0 heterocycles. The minimum atomic E-state index is -0.151. The standard InChI is InChI=1S/C17H31NO2/c1-13(2)11-17(8-3-4-9-17)16(20)18-12-14-6-5-7-15(19)10-14/h13-15,19H,3-12H2,1-2H3,(H,18,20). The Morgan fingerprint density at radius 2 is 1.95 bits per heavy atom. The van der Waals surface area contributed by atoms with Gasteiger partial charge in [0.2, 0.25) is 5.91 Å². The Morgan fingerprint density at radius 1 is 1.25 bits per heavy atom. The van der Waals surface area contributed by atoms with E-state index >= 15 is 0 Å². The molecule has 0 aromatic heterocycles. The minimum Gasteiger partial charge on any atom is -0.393 e. The van der Waals surface area contributed by atoms with Gasteiger partial charge in [-0.3, -0.25) is 4.79 Å². The first-order chi connectivity index (χ1) is 9.52. The molecule has 3 heteroatoms. The second kappa shape index (κ2) is 6.93. The third-order valence-electron chi connectivity index (χ3n) is 5.15. The van der Waals surface area contributed by atoms with Gasteiger partial charge in [0, 0.05) is 12.0 Å². The van der Waals surface area contributed by atoms with E-state index in [9.17, 15) is 9.90 Å². The van der Waals surface area contributed by atoms with Crippen molar-refractivity contribution in [3.8, 4) is 0 Å². The van der Waals surface area contributed by atoms with Crippen molar-refractivity contribution in [3.63, 3.8) is 0 Å². The molecule has 2 N–H and O–H groups in total. The lowest BCUT2D eigenvalue weighted by molar-refractivity contribution is -0.132. The number of hydrogen-bond acceptors (Lipinski definition) is 2. The van der Waals surface area contributed by atoms with E-state index in [0.29, 0.717) is 11.8 Å². The predicted molar refractivity (Wildman–Crippen MR) is 81.3 cm³/mol. The van der Waals surface area contributed by atoms with Gasteiger partial charge < -0.3 is 10.4 Å². The lowest BCUT2D eigenvalue weighted by Gasteiger charge is -2.31. The number of aliphatic hydroxyl groups is 1. The van der Waals surface area contributed by atoms with Crippen molar-refractivity contribution in [2.45, 2.75) is 77.7 Å². The van der Waals surface area contributed by atoms with Crippen LogP contribution in [0.25, 0.3) is 0 Å². The van der Waals surface area contributed by atoms with Crippen LogP contribution in [-0.4, -0.2) is 23.7 Å². The van der Waals surface area contributed by atoms with Gasteiger partial charge in [-0.25, -0.2) is 0 Å². The molecule has 0 spiro atoms. The number of amides is 1. The summed E-state index contributed by atoms with van der Waals surface area (Å²) in [5, 5.41) is 12.9. The van der Waals surface area contributed by atoms with Gasteiger partial charge in [0.25, 0.3) is 0 Å². The van der Waals surface area contributed by atoms with Gasteiger partial charge in [-0.1, -0.05) is 33.1 Å². The molecule has 0 aliphatic heterocycles. The maximum absolute atomic E-state index is 12.7. The molecule has 2 rings (SSSR count). The minimum absolute atomic E-state index is 0.0958. The van der Waals surface area contributed by atoms with Crippen molar-refractivity contribution in [1.29, 1.82) is 0 Å². The zero-order valence-electron chi connectivity index (χ0n) is 13.2. The van der Waals surface area contributed by atoms with Gasteiger partial charge >= 0.3 is 0 Å². The van der Waals surface area contributed by atoms with Crippen LogP contribution in [0.3, 0.4) is 0 Å². The van der Waals surface area contributed by atoms with Crippen LogP contribution in [0.4, 0.5) is 0 Å². The van der Waals surface area contributed by atoms with Crippen molar-refractivity contribution in [2.24, 2.45) is 17.3 Å². The number of aliphatic hydroxyl groups excluding tert-OH is 1. The molecule has 3 nitrogen and oxygen atoms in total. The van der Waals surface area contributed by atoms with Crippen molar-refractivity contribution < 1.29 is 9.90 Å². The summed E-state index contributed by atoms with van der Waals surface area (Å²) in [4.78, 5) is 12.7. The Labute approximate surface area is 123 Å². The third-order valence-corrected chi connectivity index (χ3v) is 5.15. The van der Waals surface area contributed by atoms with Gasteiger partial charge in [0.15, 0.2) is 0 Å². The number of nitrogens with one attached hydrogen (secondary N) is 1. The van der Waals surface area contributed by atoms with Crippen LogP contribution >= 0.6 is 0 Å². The summed E-state index contributed by atoms with van der Waals surface area (Å²) in [6.45, 7) is 5.19. The molecular formula is C17H31NO2. The first kappa shape index (κ1) is 15.8. The van der Waals surface area contributed by atoms with Crippen molar-refractivity contribution >= 4 is 5.91 Å². The molecule has 0 saturated heterocycles. The smallest absolute Gasteiger partial charge is 0.226 e. The topological polar surface area (TPSA) is 49.3 Å². The zero-order valence-corrected chi connectivity index (χ0v) is 13.2. The average molecular weight is 281 g/mol. The molecule has 0 radical (unpaired) electrons. The lowest BCUT2D eigenvalue weighted by atomic mass is 9.77. The van der Waals surface area contributed by atoms with Crippen LogP contribution in [0.1, 0.15) is 71.6 Å². The largest absolute Gasteiger partial charge is 0.393 e. The Kier molecular flexibility index (Phi) is 5.48. The van der Waals surface area contributed by atoms with E-state index in [1.165, 1.54) is 12.8 Å². The van der Waals surface area contributed by atoms with E-state index in [1.807, 2.05) is 0 Å². The van der Waals surface area contributed by atoms with Crippen LogP contribution in [0, 0.1) is 17.3 Å². The molecule has 2 saturated carbocycles. The second-order valence-corrected chi connectivity index (χ2v) is 7.48. The molecule has 2 atom stereocenters. The SMILES string of the molecule is CC(C)CC1(C(=O)NCC2CCCC(O)C2)CCCC1. The van der Waals surface area contributed by atoms with E-state index in [-0.39, 0.29) is 17.4 Å². The lowest BCUT2D eigenvalue weighted by Crippen LogP contribution is -2.42. The quantitative estimate of drug-likeness (QED) is 0.812. The summed E-state index contributed by atoms with van der Waals surface area (Å²) < 4.78 is 0. The van der Waals surface area contributed by atoms with Gasteiger partial charge in [0.1, 0.15) is 0 Å². The fourth-order valence-electron chi connectivity index (χ4n) is 4.23. The Bertz CT molecular complexity index is 321. The highest BCUT2D eigenvalue weighted by Crippen LogP contribution is 2.43. The molecule has 2 aliphatic rings. The molecule has 0 aromatic rings. The molecule has 1 amide bonds. The highest BCUT2D eigenvalue weighted by Gasteiger charge is 2.41. The number of carbonyl (C=O) groups excluding carboxylic acids is 1. The highest BCUT2D eigenvalue weighted by atomic mass is 16.3. The first-order valence-electron chi connectivity index (χ1n) is 8.48. The van der Waals surface area contributed by atoms with Crippen molar-refractivity contribution in [1.82, 2.24) is 5.32 Å². The second-order valence-electron chi connectivity index (χ2n) is 7.48. The molecule has 2 unspecified atom stereocenters. The van der Waals surface area contributed by atoms with Crippen molar-refractivity contribution in [2.75, 3.05) is 6.54 Å². The molecule has 0 bridgehead atoms. The summed E-state index contributed by atoms with van der Waals surface area (Å²) in [6, 6.07) is 0. The van der Waals surface area contributed by atoms with Gasteiger partial charge in [-0.2, -0.15) is 0 Å². The fourth-order valence-corrected chi connectivity index (χ4v) is 4.23. The molecule has 2 aliphatic carbocycles. The van der Waals surface area contributed by atoms with Gasteiger partial charge in [-0.05, 0) is 50.4 Å². The van der Waals surface area contributed by atoms with Crippen LogP contribution in [0.5, 0.6) is 0 Å². The van der Waals surface area contributed by atoms with E-state index in [0.717, 1.165) is 51.5 Å². The highest BCUT2D eigenvalue weighted by molar-refractivity contribution is 5.82. The average Bonchev–Trinajstić information content (AvgIpc) is 2.85. The van der Waals surface area contributed by atoms with E-state index < -0.39 is 0 Å². The Morgan fingerprint density at radius 3 is 2.55 bits per heavy atom. The number of carbonyl (C=O) groups is 1. The maximum atomic E-state index is 12.7. The molecule has 116 valence electrons. The maximum Gasteiger partial charge on any atom is 0.226 e. The van der Waals surface area contributed by atoms with Crippen LogP contribution in [-0.2, 0) is 4.79 Å². The Hall–Kier alpha value is -0.570. The first-order valence-corrected chi connectivity index (χ1v) is 8.48. The van der Waals surface area contributed by atoms with Gasteiger partial charge in [0.05, 0.1) is 6.10 Å². The van der Waals surface area contributed by atoms with E-state index in [1.54, 1.807) is 0 Å². The fraction of sp³-hybridized carbons (Fsp3) is 0.941. The molecule has 2 fully saturated rings. The number of hydrogen-bond donors (Lipinski definition) is 2. The van der Waals surface area contributed by atoms with Crippen LogP contribution in [0.2, 0.25) is 0 Å². The summed E-state index contributed by atoms with van der Waals surface area (Å²) in [5.41, 5.74) is -0.0958. The van der Waals surface area contributed by atoms with E-state index in [4.69, 9.17) is 0 Å². The summed E-state index contributed by atoms with van der Waals surface area (Å²) in [7, 11) is 0. The summed E-state index contributed by atoms with van der Waals surface area (Å²) >= 11 is 0. The summed E-state index contributed by atoms with van der Waals surface area (Å²) in [5.74, 6) is 1.33. The predicted octanol–water partition coefficient (Wildman–Crippen LogP) is 3.26. The van der Waals surface area contributed by atoms with Crippen LogP contribution in [0.15, 0.2) is 0 Å².